The Morgan fingerprint density at radius 3 is 2.41 bits per heavy atom. The molecule has 0 bridgehead atoms. The first-order valence-corrected chi connectivity index (χ1v) is 16.1. The number of amides is 3. The number of thioether (sulfide) groups is 1. The van der Waals surface area contributed by atoms with E-state index in [1.807, 2.05) is 25.1 Å². The lowest BCUT2D eigenvalue weighted by atomic mass is 10.0. The van der Waals surface area contributed by atoms with Gasteiger partial charge in [-0.15, -0.1) is 0 Å². The van der Waals surface area contributed by atoms with Crippen molar-refractivity contribution in [3.8, 4) is 17.2 Å². The van der Waals surface area contributed by atoms with Crippen LogP contribution in [0.5, 0.6) is 17.2 Å². The molecule has 0 atom stereocenters. The summed E-state index contributed by atoms with van der Waals surface area (Å²) in [7, 11) is -3.02. The van der Waals surface area contributed by atoms with Gasteiger partial charge in [0.25, 0.3) is 11.1 Å². The molecule has 4 rings (SSSR count). The van der Waals surface area contributed by atoms with E-state index >= 15 is 0 Å². The second-order valence-corrected chi connectivity index (χ2v) is 13.1. The zero-order valence-corrected chi connectivity index (χ0v) is 27.1. The highest BCUT2D eigenvalue weighted by Gasteiger charge is 2.35. The van der Waals surface area contributed by atoms with Gasteiger partial charge >= 0.3 is 10.1 Å². The Morgan fingerprint density at radius 2 is 1.77 bits per heavy atom. The van der Waals surface area contributed by atoms with Crippen LogP contribution in [0.25, 0.3) is 6.08 Å². The third kappa shape index (κ3) is 7.74. The van der Waals surface area contributed by atoms with Crippen LogP contribution in [0.15, 0.2) is 64.4 Å². The summed E-state index contributed by atoms with van der Waals surface area (Å²) in [5, 5.41) is 2.02. The molecule has 232 valence electrons. The van der Waals surface area contributed by atoms with Crippen molar-refractivity contribution >= 4 is 62.3 Å². The van der Waals surface area contributed by atoms with Crippen LogP contribution in [0.3, 0.4) is 0 Å². The summed E-state index contributed by atoms with van der Waals surface area (Å²) >= 11 is 7.18. The molecule has 3 aromatic rings. The first-order valence-electron chi connectivity index (χ1n) is 13.5. The SMILES string of the molecule is COc1cc(/C=C2\SC(=O)N(CCOc3cc(C)ccc3C(C)C)C2=O)cc(Cl)c1OS(=O)(=O)c1ccc(NC(C)=O)cc1. The highest BCUT2D eigenvalue weighted by molar-refractivity contribution is 8.18. The highest BCUT2D eigenvalue weighted by Crippen LogP contribution is 2.40. The number of anilines is 1. The van der Waals surface area contributed by atoms with Gasteiger partial charge in [0.15, 0.2) is 5.75 Å². The van der Waals surface area contributed by atoms with Crippen molar-refractivity contribution in [2.24, 2.45) is 0 Å². The van der Waals surface area contributed by atoms with Crippen molar-refractivity contribution < 1.29 is 36.5 Å². The van der Waals surface area contributed by atoms with Crippen molar-refractivity contribution in [1.29, 1.82) is 0 Å². The summed E-state index contributed by atoms with van der Waals surface area (Å²) in [5.41, 5.74) is 2.88. The van der Waals surface area contributed by atoms with E-state index in [1.54, 1.807) is 0 Å². The molecule has 3 aromatic carbocycles. The fourth-order valence-corrected chi connectivity index (χ4v) is 6.43. The van der Waals surface area contributed by atoms with Gasteiger partial charge < -0.3 is 19.0 Å². The zero-order valence-electron chi connectivity index (χ0n) is 24.7. The molecule has 1 N–H and O–H groups in total. The van der Waals surface area contributed by atoms with Gasteiger partial charge in [0.2, 0.25) is 11.7 Å². The maximum atomic E-state index is 13.1. The topological polar surface area (TPSA) is 128 Å². The molecule has 10 nitrogen and oxygen atoms in total. The van der Waals surface area contributed by atoms with Crippen LogP contribution in [-0.2, 0) is 19.7 Å². The van der Waals surface area contributed by atoms with Gasteiger partial charge in [0.05, 0.1) is 23.6 Å². The largest absolute Gasteiger partial charge is 0.493 e. The Morgan fingerprint density at radius 1 is 1.07 bits per heavy atom. The molecule has 0 aliphatic carbocycles. The minimum Gasteiger partial charge on any atom is -0.493 e. The van der Waals surface area contributed by atoms with Crippen LogP contribution in [0.1, 0.15) is 43.4 Å². The minimum absolute atomic E-state index is 0.00562. The van der Waals surface area contributed by atoms with Gasteiger partial charge in [-0.25, -0.2) is 0 Å². The van der Waals surface area contributed by atoms with Crippen LogP contribution in [0.2, 0.25) is 5.02 Å². The summed E-state index contributed by atoms with van der Waals surface area (Å²) in [4.78, 5) is 38.1. The Labute approximate surface area is 265 Å². The highest BCUT2D eigenvalue weighted by atomic mass is 35.5. The third-order valence-corrected chi connectivity index (χ3v) is 8.87. The second-order valence-electron chi connectivity index (χ2n) is 10.2. The number of nitrogens with one attached hydrogen (secondary N) is 1. The van der Waals surface area contributed by atoms with Gasteiger partial charge in [-0.1, -0.05) is 37.6 Å². The van der Waals surface area contributed by atoms with Crippen molar-refractivity contribution in [3.05, 3.63) is 81.2 Å². The molecule has 0 aromatic heterocycles. The van der Waals surface area contributed by atoms with E-state index in [1.165, 1.54) is 56.5 Å². The summed E-state index contributed by atoms with van der Waals surface area (Å²) in [6.07, 6.45) is 1.47. The predicted molar refractivity (Wildman–Crippen MR) is 170 cm³/mol. The van der Waals surface area contributed by atoms with E-state index in [4.69, 9.17) is 25.3 Å². The second kappa shape index (κ2) is 13.7. The lowest BCUT2D eigenvalue weighted by molar-refractivity contribution is -0.123. The Kier molecular flexibility index (Phi) is 10.3. The Bertz CT molecular complexity index is 1740. The quantitative estimate of drug-likeness (QED) is 0.178. The lowest BCUT2D eigenvalue weighted by Crippen LogP contribution is -2.32. The molecule has 1 saturated heterocycles. The van der Waals surface area contributed by atoms with Crippen molar-refractivity contribution in [2.45, 2.75) is 38.5 Å². The van der Waals surface area contributed by atoms with Crippen LogP contribution < -0.4 is 19.0 Å². The molecule has 0 unspecified atom stereocenters. The number of rotatable bonds is 11. The molecule has 0 radical (unpaired) electrons. The van der Waals surface area contributed by atoms with Crippen LogP contribution >= 0.6 is 23.4 Å². The fourth-order valence-electron chi connectivity index (χ4n) is 4.30. The number of nitrogens with zero attached hydrogens (tertiary/aromatic N) is 1. The molecule has 13 heteroatoms. The smallest absolute Gasteiger partial charge is 0.339 e. The summed E-state index contributed by atoms with van der Waals surface area (Å²) in [6.45, 7) is 7.62. The molecule has 0 saturated carbocycles. The van der Waals surface area contributed by atoms with Gasteiger partial charge in [-0.3, -0.25) is 19.3 Å². The van der Waals surface area contributed by atoms with Crippen molar-refractivity contribution in [3.63, 3.8) is 0 Å². The maximum Gasteiger partial charge on any atom is 0.339 e. The number of carbonyl (C=O) groups excluding carboxylic acids is 3. The Balaban J connectivity index is 1.48. The van der Waals surface area contributed by atoms with Crippen LogP contribution in [0.4, 0.5) is 10.5 Å². The summed E-state index contributed by atoms with van der Waals surface area (Å²) < 4.78 is 42.5. The molecule has 1 aliphatic heterocycles. The first-order chi connectivity index (χ1) is 20.8. The van der Waals surface area contributed by atoms with Gasteiger partial charge in [-0.2, -0.15) is 8.42 Å². The molecule has 3 amide bonds. The summed E-state index contributed by atoms with van der Waals surface area (Å²) in [5.74, 6) is -0.0822. The molecular formula is C31H31ClN2O8S2. The third-order valence-electron chi connectivity index (χ3n) is 6.44. The van der Waals surface area contributed by atoms with Crippen LogP contribution in [0, 0.1) is 6.92 Å². The molecule has 44 heavy (non-hydrogen) atoms. The minimum atomic E-state index is -4.33. The molecule has 0 spiro atoms. The van der Waals surface area contributed by atoms with Crippen molar-refractivity contribution in [1.82, 2.24) is 4.90 Å². The van der Waals surface area contributed by atoms with Gasteiger partial charge in [-0.05, 0) is 89.8 Å². The molecule has 1 aliphatic rings. The van der Waals surface area contributed by atoms with E-state index < -0.39 is 21.3 Å². The monoisotopic (exact) mass is 658 g/mol. The van der Waals surface area contributed by atoms with Crippen LogP contribution in [-0.4, -0.2) is 50.6 Å². The number of halogens is 1. The van der Waals surface area contributed by atoms with E-state index in [0.717, 1.165) is 33.5 Å². The number of hydrogen-bond acceptors (Lipinski definition) is 9. The van der Waals surface area contributed by atoms with E-state index in [-0.39, 0.29) is 51.3 Å². The van der Waals surface area contributed by atoms with E-state index in [2.05, 4.69) is 19.2 Å². The molecule has 1 fully saturated rings. The Hall–Kier alpha value is -4.00. The lowest BCUT2D eigenvalue weighted by Gasteiger charge is -2.17. The van der Waals surface area contributed by atoms with E-state index in [9.17, 15) is 22.8 Å². The van der Waals surface area contributed by atoms with Crippen molar-refractivity contribution in [2.75, 3.05) is 25.6 Å². The number of ether oxygens (including phenoxy) is 2. The number of methoxy groups -OCH3 is 1. The number of carbonyl (C=O) groups is 3. The average Bonchev–Trinajstić information content (AvgIpc) is 3.21. The number of benzene rings is 3. The number of aryl methyl sites for hydroxylation is 1. The standard InChI is InChI=1S/C31H31ClN2O8S2/c1-18(2)24-11-6-19(3)14-26(24)41-13-12-34-30(36)28(43-31(34)37)17-21-15-25(32)29(27(16-21)40-5)42-44(38,39)23-9-7-22(8-10-23)33-20(4)35/h6-11,14-18H,12-13H2,1-5H3,(H,33,35)/b28-17-. The van der Waals surface area contributed by atoms with E-state index in [0.29, 0.717) is 11.3 Å². The van der Waals surface area contributed by atoms with Gasteiger partial charge in [0.1, 0.15) is 17.3 Å². The number of imide groups is 1. The number of hydrogen-bond donors (Lipinski definition) is 1. The predicted octanol–water partition coefficient (Wildman–Crippen LogP) is 6.62. The van der Waals surface area contributed by atoms with Gasteiger partial charge in [0, 0.05) is 12.6 Å². The average molecular weight is 659 g/mol. The molecular weight excluding hydrogens is 628 g/mol. The molecule has 1 heterocycles. The fraction of sp³-hybridized carbons (Fsp3) is 0.258. The first kappa shape index (κ1) is 32.9. The summed E-state index contributed by atoms with van der Waals surface area (Å²) in [6, 6.07) is 14.2. The normalized spacial score (nSPS) is 14.3. The zero-order chi connectivity index (χ0) is 32.2. The maximum absolute atomic E-state index is 13.1.